The average molecular weight is 483 g/mol. The van der Waals surface area contributed by atoms with Crippen LogP contribution in [-0.4, -0.2) is 26.9 Å². The van der Waals surface area contributed by atoms with Crippen LogP contribution in [0.2, 0.25) is 0 Å². The summed E-state index contributed by atoms with van der Waals surface area (Å²) < 4.78 is 7.74. The number of carbonyl (C=O) groups excluding carboxylic acids is 1. The molecule has 1 amide bonds. The molecule has 0 saturated heterocycles. The largest absolute Gasteiger partial charge is 0.449 e. The van der Waals surface area contributed by atoms with Crippen molar-refractivity contribution in [3.8, 4) is 17.1 Å². The quantitative estimate of drug-likeness (QED) is 0.265. The molecule has 0 aliphatic heterocycles. The van der Waals surface area contributed by atoms with Crippen molar-refractivity contribution in [3.05, 3.63) is 88.1 Å². The predicted molar refractivity (Wildman–Crippen MR) is 113 cm³/mol. The number of halogens is 1. The van der Waals surface area contributed by atoms with Gasteiger partial charge in [0.25, 0.3) is 0 Å². The first-order chi connectivity index (χ1) is 13.7. The molecule has 0 aliphatic carbocycles. The van der Waals surface area contributed by atoms with E-state index in [1.165, 1.54) is 6.21 Å². The van der Waals surface area contributed by atoms with Gasteiger partial charge in [-0.2, -0.15) is 5.10 Å². The second-order valence-electron chi connectivity index (χ2n) is 5.71. The number of carbonyl (C=O) groups is 1. The highest BCUT2D eigenvalue weighted by atomic mass is 127. The molecule has 7 nitrogen and oxygen atoms in total. The highest BCUT2D eigenvalue weighted by molar-refractivity contribution is 14.1. The fourth-order valence-corrected chi connectivity index (χ4v) is 2.97. The van der Waals surface area contributed by atoms with Crippen LogP contribution >= 0.6 is 22.6 Å². The standard InChI is InChI=1S/C20H14IN5O2/c21-17-12-11-16(28-17)13-22-24-20(27)18-23-19(14-7-3-1-4-8-14)26(25-18)15-9-5-2-6-10-15/h1-13H,(H,24,27)/b22-13+. The van der Waals surface area contributed by atoms with Gasteiger partial charge in [0.2, 0.25) is 5.82 Å². The Morgan fingerprint density at radius 1 is 1.04 bits per heavy atom. The van der Waals surface area contributed by atoms with Gasteiger partial charge in [0.15, 0.2) is 9.59 Å². The van der Waals surface area contributed by atoms with Gasteiger partial charge in [0.05, 0.1) is 11.9 Å². The molecule has 2 aromatic heterocycles. The van der Waals surface area contributed by atoms with E-state index in [-0.39, 0.29) is 5.82 Å². The number of benzene rings is 2. The van der Waals surface area contributed by atoms with Crippen LogP contribution in [0.25, 0.3) is 17.1 Å². The first-order valence-corrected chi connectivity index (χ1v) is 9.45. The van der Waals surface area contributed by atoms with Crippen molar-refractivity contribution in [2.24, 2.45) is 5.10 Å². The number of amides is 1. The first-order valence-electron chi connectivity index (χ1n) is 8.37. The van der Waals surface area contributed by atoms with Crippen LogP contribution in [0, 0.1) is 3.77 Å². The number of nitrogens with zero attached hydrogens (tertiary/aromatic N) is 4. The van der Waals surface area contributed by atoms with Gasteiger partial charge in [-0.1, -0.05) is 48.5 Å². The second kappa shape index (κ2) is 8.17. The van der Waals surface area contributed by atoms with Crippen LogP contribution in [0.3, 0.4) is 0 Å². The van der Waals surface area contributed by atoms with Crippen molar-refractivity contribution in [3.63, 3.8) is 0 Å². The molecule has 8 heteroatoms. The maximum absolute atomic E-state index is 12.5. The molecule has 2 aromatic carbocycles. The van der Waals surface area contributed by atoms with E-state index in [4.69, 9.17) is 4.42 Å². The summed E-state index contributed by atoms with van der Waals surface area (Å²) in [5.74, 6) is 0.622. The molecule has 28 heavy (non-hydrogen) atoms. The summed E-state index contributed by atoms with van der Waals surface area (Å²) in [5, 5.41) is 8.29. The topological polar surface area (TPSA) is 85.3 Å². The van der Waals surface area contributed by atoms with Gasteiger partial charge in [-0.25, -0.2) is 15.1 Å². The summed E-state index contributed by atoms with van der Waals surface area (Å²) in [5.41, 5.74) is 4.09. The number of furan rings is 1. The summed E-state index contributed by atoms with van der Waals surface area (Å²) in [6.45, 7) is 0. The van der Waals surface area contributed by atoms with Gasteiger partial charge >= 0.3 is 5.91 Å². The normalized spacial score (nSPS) is 11.0. The third-order valence-electron chi connectivity index (χ3n) is 3.79. The van der Waals surface area contributed by atoms with E-state index in [1.807, 2.05) is 60.7 Å². The zero-order chi connectivity index (χ0) is 19.3. The van der Waals surface area contributed by atoms with Crippen molar-refractivity contribution in [1.82, 2.24) is 20.2 Å². The summed E-state index contributed by atoms with van der Waals surface area (Å²) >= 11 is 2.05. The van der Waals surface area contributed by atoms with Gasteiger partial charge in [0, 0.05) is 5.56 Å². The number of para-hydroxylation sites is 1. The summed E-state index contributed by atoms with van der Waals surface area (Å²) in [6, 6.07) is 22.7. The van der Waals surface area contributed by atoms with E-state index in [2.05, 4.69) is 43.2 Å². The lowest BCUT2D eigenvalue weighted by Crippen LogP contribution is -2.19. The molecule has 0 bridgehead atoms. The van der Waals surface area contributed by atoms with Crippen LogP contribution in [0.1, 0.15) is 16.4 Å². The summed E-state index contributed by atoms with van der Waals surface area (Å²) in [4.78, 5) is 16.9. The van der Waals surface area contributed by atoms with Crippen LogP contribution in [0.15, 0.2) is 82.3 Å². The van der Waals surface area contributed by atoms with Crippen molar-refractivity contribution >= 4 is 34.7 Å². The summed E-state index contributed by atoms with van der Waals surface area (Å²) in [7, 11) is 0. The number of nitrogens with one attached hydrogen (secondary N) is 1. The van der Waals surface area contributed by atoms with Gasteiger partial charge in [-0.05, 0) is 46.9 Å². The molecule has 138 valence electrons. The molecular formula is C20H14IN5O2. The van der Waals surface area contributed by atoms with Crippen molar-refractivity contribution in [2.75, 3.05) is 0 Å². The highest BCUT2D eigenvalue weighted by Gasteiger charge is 2.18. The number of hydrazone groups is 1. The van der Waals surface area contributed by atoms with Gasteiger partial charge in [0.1, 0.15) is 5.76 Å². The SMILES string of the molecule is O=C(N/N=C/c1ccc(I)o1)c1nc(-c2ccccc2)n(-c2ccccc2)n1. The molecule has 0 aliphatic rings. The minimum absolute atomic E-state index is 0.0221. The van der Waals surface area contributed by atoms with Gasteiger partial charge in [-0.3, -0.25) is 4.79 Å². The Morgan fingerprint density at radius 2 is 1.75 bits per heavy atom. The second-order valence-corrected chi connectivity index (χ2v) is 6.78. The number of hydrogen-bond acceptors (Lipinski definition) is 5. The number of aromatic nitrogens is 3. The third kappa shape index (κ3) is 4.01. The molecule has 0 unspecified atom stereocenters. The van der Waals surface area contributed by atoms with E-state index in [9.17, 15) is 4.79 Å². The van der Waals surface area contributed by atoms with Crippen LogP contribution in [0.4, 0.5) is 0 Å². The molecule has 0 radical (unpaired) electrons. The molecule has 2 heterocycles. The Hall–Kier alpha value is -3.27. The van der Waals surface area contributed by atoms with E-state index in [0.717, 1.165) is 15.0 Å². The fourth-order valence-electron chi connectivity index (χ4n) is 2.53. The molecular weight excluding hydrogens is 469 g/mol. The molecule has 0 atom stereocenters. The molecule has 0 spiro atoms. The van der Waals surface area contributed by atoms with Crippen LogP contribution in [-0.2, 0) is 0 Å². The monoisotopic (exact) mass is 483 g/mol. The van der Waals surface area contributed by atoms with E-state index in [0.29, 0.717) is 11.6 Å². The minimum Gasteiger partial charge on any atom is -0.449 e. The first kappa shape index (κ1) is 18.1. The van der Waals surface area contributed by atoms with Crippen molar-refractivity contribution < 1.29 is 9.21 Å². The molecule has 4 rings (SSSR count). The predicted octanol–water partition coefficient (Wildman–Crippen LogP) is 3.90. The van der Waals surface area contributed by atoms with Gasteiger partial charge in [-0.15, -0.1) is 5.10 Å². The summed E-state index contributed by atoms with van der Waals surface area (Å²) in [6.07, 6.45) is 1.42. The van der Waals surface area contributed by atoms with Crippen LogP contribution in [0.5, 0.6) is 0 Å². The number of rotatable bonds is 5. The molecule has 0 saturated carbocycles. The zero-order valence-electron chi connectivity index (χ0n) is 14.5. The lowest BCUT2D eigenvalue weighted by atomic mass is 10.2. The Balaban J connectivity index is 1.63. The third-order valence-corrected chi connectivity index (χ3v) is 4.37. The lowest BCUT2D eigenvalue weighted by molar-refractivity contribution is 0.0945. The van der Waals surface area contributed by atoms with E-state index < -0.39 is 5.91 Å². The Bertz CT molecular complexity index is 1060. The smallest absolute Gasteiger partial charge is 0.311 e. The van der Waals surface area contributed by atoms with Crippen molar-refractivity contribution in [2.45, 2.75) is 0 Å². The highest BCUT2D eigenvalue weighted by Crippen LogP contribution is 2.20. The lowest BCUT2D eigenvalue weighted by Gasteiger charge is -2.05. The zero-order valence-corrected chi connectivity index (χ0v) is 16.6. The Morgan fingerprint density at radius 3 is 2.43 bits per heavy atom. The van der Waals surface area contributed by atoms with Crippen LogP contribution < -0.4 is 5.43 Å². The minimum atomic E-state index is -0.510. The Labute approximate surface area is 174 Å². The average Bonchev–Trinajstić information content (AvgIpc) is 3.36. The molecule has 1 N–H and O–H groups in total. The fraction of sp³-hybridized carbons (Fsp3) is 0. The van der Waals surface area contributed by atoms with E-state index >= 15 is 0 Å². The van der Waals surface area contributed by atoms with Gasteiger partial charge < -0.3 is 4.42 Å². The molecule has 0 fully saturated rings. The van der Waals surface area contributed by atoms with E-state index in [1.54, 1.807) is 16.8 Å². The molecule has 4 aromatic rings. The maximum Gasteiger partial charge on any atom is 0.311 e. The Kier molecular flexibility index (Phi) is 5.29. The van der Waals surface area contributed by atoms with Crippen molar-refractivity contribution in [1.29, 1.82) is 0 Å². The number of hydrogen-bond donors (Lipinski definition) is 1. The maximum atomic E-state index is 12.5.